The van der Waals surface area contributed by atoms with Crippen LogP contribution in [0.2, 0.25) is 0 Å². The summed E-state index contributed by atoms with van der Waals surface area (Å²) in [7, 11) is 1.43. The van der Waals surface area contributed by atoms with Crippen LogP contribution in [-0.4, -0.2) is 62.1 Å². The van der Waals surface area contributed by atoms with Gasteiger partial charge in [-0.3, -0.25) is 4.79 Å². The van der Waals surface area contributed by atoms with Crippen LogP contribution in [0.4, 0.5) is 0 Å². The van der Waals surface area contributed by atoms with Gasteiger partial charge < -0.3 is 14.5 Å². The van der Waals surface area contributed by atoms with Gasteiger partial charge in [0, 0.05) is 32.7 Å². The van der Waals surface area contributed by atoms with Crippen molar-refractivity contribution in [1.82, 2.24) is 9.80 Å². The number of rotatable bonds is 6. The number of methoxy groups -OCH3 is 1. The lowest BCUT2D eigenvalue weighted by Gasteiger charge is -2.35. The Labute approximate surface area is 116 Å². The first kappa shape index (κ1) is 15.9. The van der Waals surface area contributed by atoms with Crippen LogP contribution >= 0.6 is 0 Å². The Bertz CT molecular complexity index is 328. The van der Waals surface area contributed by atoms with Crippen molar-refractivity contribution in [3.05, 3.63) is 0 Å². The normalized spacial score (nSPS) is 18.0. The number of hydrogen-bond donors (Lipinski definition) is 0. The first-order valence-corrected chi connectivity index (χ1v) is 6.89. The molecule has 5 heteroatoms. The molecule has 0 spiro atoms. The zero-order valence-corrected chi connectivity index (χ0v) is 12.3. The van der Waals surface area contributed by atoms with Gasteiger partial charge in [0.15, 0.2) is 0 Å². The second kappa shape index (κ2) is 7.46. The third-order valence-electron chi connectivity index (χ3n) is 3.68. The van der Waals surface area contributed by atoms with Gasteiger partial charge in [-0.15, -0.1) is 0 Å². The summed E-state index contributed by atoms with van der Waals surface area (Å²) >= 11 is 0. The second-order valence-electron chi connectivity index (χ2n) is 5.76. The van der Waals surface area contributed by atoms with Crippen LogP contribution in [0.3, 0.4) is 0 Å². The fourth-order valence-corrected chi connectivity index (χ4v) is 2.08. The van der Waals surface area contributed by atoms with Gasteiger partial charge in [-0.25, -0.2) is 0 Å². The molecule has 0 aromatic carbocycles. The van der Waals surface area contributed by atoms with Gasteiger partial charge in [-0.2, -0.15) is 5.26 Å². The lowest BCUT2D eigenvalue weighted by atomic mass is 9.91. The van der Waals surface area contributed by atoms with Crippen molar-refractivity contribution in [3.8, 4) is 6.07 Å². The molecule has 0 atom stereocenters. The van der Waals surface area contributed by atoms with E-state index in [0.717, 1.165) is 45.7 Å². The molecule has 0 unspecified atom stereocenters. The average Bonchev–Trinajstić information content (AvgIpc) is 2.43. The quantitative estimate of drug-likeness (QED) is 0.675. The predicted molar refractivity (Wildman–Crippen MR) is 73.5 cm³/mol. The predicted octanol–water partition coefficient (Wildman–Crippen LogP) is 1.11. The maximum absolute atomic E-state index is 11.1. The van der Waals surface area contributed by atoms with E-state index in [0.29, 0.717) is 6.42 Å². The highest BCUT2D eigenvalue weighted by molar-refractivity contribution is 5.69. The summed E-state index contributed by atoms with van der Waals surface area (Å²) in [5.41, 5.74) is -0.234. The van der Waals surface area contributed by atoms with Crippen LogP contribution < -0.4 is 0 Å². The molecule has 1 saturated heterocycles. The molecule has 0 amide bonds. The van der Waals surface area contributed by atoms with Crippen molar-refractivity contribution >= 4 is 5.97 Å². The molecule has 1 aliphatic heterocycles. The van der Waals surface area contributed by atoms with E-state index >= 15 is 0 Å². The van der Waals surface area contributed by atoms with Crippen LogP contribution in [0.5, 0.6) is 0 Å². The molecule has 1 fully saturated rings. The van der Waals surface area contributed by atoms with Gasteiger partial charge >= 0.3 is 5.97 Å². The zero-order chi connectivity index (χ0) is 14.3. The Balaban J connectivity index is 2.19. The highest BCUT2D eigenvalue weighted by Crippen LogP contribution is 2.19. The maximum atomic E-state index is 11.1. The van der Waals surface area contributed by atoms with Crippen molar-refractivity contribution in [3.63, 3.8) is 0 Å². The van der Waals surface area contributed by atoms with Gasteiger partial charge in [-0.05, 0) is 26.8 Å². The van der Waals surface area contributed by atoms with Crippen LogP contribution in [0.1, 0.15) is 26.7 Å². The highest BCUT2D eigenvalue weighted by Gasteiger charge is 2.21. The molecule has 0 aliphatic carbocycles. The Hall–Kier alpha value is -1.12. The molecular formula is C14H25N3O2. The summed E-state index contributed by atoms with van der Waals surface area (Å²) < 4.78 is 4.64. The molecule has 0 aromatic rings. The summed E-state index contributed by atoms with van der Waals surface area (Å²) in [5.74, 6) is -0.141. The first-order valence-electron chi connectivity index (χ1n) is 6.89. The van der Waals surface area contributed by atoms with Crippen LogP contribution in [0, 0.1) is 16.7 Å². The van der Waals surface area contributed by atoms with E-state index in [1.165, 1.54) is 7.11 Å². The van der Waals surface area contributed by atoms with Crippen molar-refractivity contribution in [2.75, 3.05) is 46.4 Å². The van der Waals surface area contributed by atoms with Gasteiger partial charge in [0.25, 0.3) is 0 Å². The molecule has 0 saturated carbocycles. The van der Waals surface area contributed by atoms with Crippen molar-refractivity contribution < 1.29 is 9.53 Å². The summed E-state index contributed by atoms with van der Waals surface area (Å²) in [6.45, 7) is 9.74. The van der Waals surface area contributed by atoms with Crippen molar-refractivity contribution in [1.29, 1.82) is 5.26 Å². The minimum atomic E-state index is -0.234. The van der Waals surface area contributed by atoms with Gasteiger partial charge in [0.1, 0.15) is 0 Å². The third kappa shape index (κ3) is 6.04. The molecule has 19 heavy (non-hydrogen) atoms. The topological polar surface area (TPSA) is 56.6 Å². The van der Waals surface area contributed by atoms with E-state index < -0.39 is 0 Å². The lowest BCUT2D eigenvalue weighted by molar-refractivity contribution is -0.141. The molecule has 1 heterocycles. The largest absolute Gasteiger partial charge is 0.469 e. The van der Waals surface area contributed by atoms with Gasteiger partial charge in [0.2, 0.25) is 0 Å². The maximum Gasteiger partial charge on any atom is 0.306 e. The van der Waals surface area contributed by atoms with E-state index in [1.807, 2.05) is 13.8 Å². The Morgan fingerprint density at radius 2 is 1.74 bits per heavy atom. The summed E-state index contributed by atoms with van der Waals surface area (Å²) in [4.78, 5) is 15.8. The SMILES string of the molecule is COC(=O)CCN1CCN(CCC(C)(C)C#N)CC1. The second-order valence-corrected chi connectivity index (χ2v) is 5.76. The van der Waals surface area contributed by atoms with Crippen LogP contribution in [0.15, 0.2) is 0 Å². The molecule has 1 rings (SSSR count). The standard InChI is InChI=1S/C14H25N3O2/c1-14(2,12-15)5-7-17-10-8-16(9-11-17)6-4-13(18)19-3/h4-11H2,1-3H3. The molecular weight excluding hydrogens is 242 g/mol. The van der Waals surface area contributed by atoms with Gasteiger partial charge in [-0.1, -0.05) is 0 Å². The highest BCUT2D eigenvalue weighted by atomic mass is 16.5. The Morgan fingerprint density at radius 1 is 1.21 bits per heavy atom. The first-order chi connectivity index (χ1) is 8.96. The lowest BCUT2D eigenvalue weighted by Crippen LogP contribution is -2.47. The fourth-order valence-electron chi connectivity index (χ4n) is 2.08. The fraction of sp³-hybridized carbons (Fsp3) is 0.857. The Kier molecular flexibility index (Phi) is 6.26. The molecule has 0 aromatic heterocycles. The molecule has 5 nitrogen and oxygen atoms in total. The Morgan fingerprint density at radius 3 is 2.21 bits per heavy atom. The molecule has 0 N–H and O–H groups in total. The van der Waals surface area contributed by atoms with Gasteiger partial charge in [0.05, 0.1) is 25.0 Å². The number of piperazine rings is 1. The number of ether oxygens (including phenoxy) is 1. The minimum Gasteiger partial charge on any atom is -0.469 e. The summed E-state index contributed by atoms with van der Waals surface area (Å²) in [6.07, 6.45) is 1.38. The van der Waals surface area contributed by atoms with E-state index in [-0.39, 0.29) is 11.4 Å². The number of carbonyl (C=O) groups excluding carboxylic acids is 1. The molecule has 108 valence electrons. The minimum absolute atomic E-state index is 0.141. The number of esters is 1. The van der Waals surface area contributed by atoms with E-state index in [4.69, 9.17) is 5.26 Å². The average molecular weight is 267 g/mol. The number of hydrogen-bond acceptors (Lipinski definition) is 5. The number of nitrogens with zero attached hydrogens (tertiary/aromatic N) is 3. The molecule has 0 radical (unpaired) electrons. The van der Waals surface area contributed by atoms with Crippen molar-refractivity contribution in [2.24, 2.45) is 5.41 Å². The van der Waals surface area contributed by atoms with E-state index in [2.05, 4.69) is 20.6 Å². The van der Waals surface area contributed by atoms with Crippen LogP contribution in [0.25, 0.3) is 0 Å². The third-order valence-corrected chi connectivity index (χ3v) is 3.68. The summed E-state index contributed by atoms with van der Waals surface area (Å²) in [5, 5.41) is 8.99. The molecule has 0 bridgehead atoms. The molecule has 1 aliphatic rings. The van der Waals surface area contributed by atoms with Crippen molar-refractivity contribution in [2.45, 2.75) is 26.7 Å². The monoisotopic (exact) mass is 267 g/mol. The van der Waals surface area contributed by atoms with E-state index in [1.54, 1.807) is 0 Å². The number of carbonyl (C=O) groups is 1. The zero-order valence-electron chi connectivity index (χ0n) is 12.3. The summed E-state index contributed by atoms with van der Waals surface area (Å²) in [6, 6.07) is 2.34. The van der Waals surface area contributed by atoms with E-state index in [9.17, 15) is 4.79 Å². The smallest absolute Gasteiger partial charge is 0.306 e. The number of nitriles is 1. The van der Waals surface area contributed by atoms with Crippen LogP contribution in [-0.2, 0) is 9.53 Å².